The van der Waals surface area contributed by atoms with Crippen LogP contribution in [0.3, 0.4) is 0 Å². The van der Waals surface area contributed by atoms with E-state index in [1.165, 1.54) is 54.6 Å². The highest BCUT2D eigenvalue weighted by Gasteiger charge is 2.52. The molecular weight excluding hydrogens is 457 g/mol. The van der Waals surface area contributed by atoms with Gasteiger partial charge < -0.3 is 15.3 Å². The van der Waals surface area contributed by atoms with Crippen LogP contribution in [0.2, 0.25) is 0 Å². The van der Waals surface area contributed by atoms with Crippen molar-refractivity contribution in [2.45, 2.75) is 5.41 Å². The molecule has 10 nitrogen and oxygen atoms in total. The molecule has 0 saturated heterocycles. The maximum Gasteiger partial charge on any atom is 0.270 e. The van der Waals surface area contributed by atoms with E-state index in [9.17, 15) is 29.4 Å². The number of benzene rings is 3. The molecule has 6 rings (SSSR count). The number of carbonyl (C=O) groups excluding carboxylic acids is 1. The number of H-pyrrole nitrogens is 2. The number of fused-ring (bicyclic) bond motifs is 3. The van der Waals surface area contributed by atoms with E-state index in [4.69, 9.17) is 0 Å². The van der Waals surface area contributed by atoms with Gasteiger partial charge in [0.05, 0.1) is 9.85 Å². The summed E-state index contributed by atoms with van der Waals surface area (Å²) < 4.78 is 14.6. The number of carbonyl (C=O) groups is 1. The third-order valence-electron chi connectivity index (χ3n) is 6.53. The number of aromatic amines is 2. The predicted octanol–water partition coefficient (Wildman–Crippen LogP) is 4.89. The predicted molar refractivity (Wildman–Crippen MR) is 125 cm³/mol. The number of aromatic nitrogens is 2. The van der Waals surface area contributed by atoms with Crippen LogP contribution in [0.4, 0.5) is 21.5 Å². The molecule has 11 heteroatoms. The average molecular weight is 471 g/mol. The van der Waals surface area contributed by atoms with Crippen LogP contribution in [0.15, 0.2) is 67.0 Å². The highest BCUT2D eigenvalue weighted by atomic mass is 19.1. The van der Waals surface area contributed by atoms with E-state index in [0.29, 0.717) is 44.2 Å². The Morgan fingerprint density at radius 2 is 1.29 bits per heavy atom. The minimum atomic E-state index is -1.65. The molecular formula is C24H14FN5O5. The molecule has 2 aromatic heterocycles. The standard InChI is InChI=1S/C24H14FN5O5/c25-12-1-4-22-17(7-12)24(23(31)28-22,18-10-26-20-5-2-13(29(32)33)8-15(18)20)19-11-27-21-6-3-14(30(34)35)9-16(19)21/h1-11,26-27H,(H,28,31). The smallest absolute Gasteiger partial charge is 0.270 e. The lowest BCUT2D eigenvalue weighted by atomic mass is 9.70. The number of nitrogens with one attached hydrogen (secondary N) is 3. The molecule has 3 N–H and O–H groups in total. The van der Waals surface area contributed by atoms with E-state index < -0.39 is 27.0 Å². The number of nitro groups is 2. The highest BCUT2D eigenvalue weighted by Crippen LogP contribution is 2.52. The van der Waals surface area contributed by atoms with Crippen molar-refractivity contribution in [3.8, 4) is 0 Å². The largest absolute Gasteiger partial charge is 0.361 e. The van der Waals surface area contributed by atoms with Gasteiger partial charge >= 0.3 is 0 Å². The normalized spacial score (nSPS) is 14.3. The maximum atomic E-state index is 14.6. The molecule has 0 spiro atoms. The number of nitro benzene ring substituents is 2. The van der Waals surface area contributed by atoms with Crippen molar-refractivity contribution in [3.05, 3.63) is 110 Å². The van der Waals surface area contributed by atoms with Gasteiger partial charge in [0.25, 0.3) is 11.4 Å². The third-order valence-corrected chi connectivity index (χ3v) is 6.53. The van der Waals surface area contributed by atoms with Gasteiger partial charge in [-0.1, -0.05) is 0 Å². The zero-order chi connectivity index (χ0) is 24.5. The summed E-state index contributed by atoms with van der Waals surface area (Å²) in [7, 11) is 0. The lowest BCUT2D eigenvalue weighted by molar-refractivity contribution is -0.384. The van der Waals surface area contributed by atoms with Crippen LogP contribution in [0.25, 0.3) is 21.8 Å². The zero-order valence-electron chi connectivity index (χ0n) is 17.7. The summed E-state index contributed by atoms with van der Waals surface area (Å²) in [6, 6.07) is 12.3. The molecule has 0 bridgehead atoms. The molecule has 0 aliphatic carbocycles. The number of hydrogen-bond acceptors (Lipinski definition) is 5. The molecule has 0 saturated carbocycles. The van der Waals surface area contributed by atoms with E-state index >= 15 is 0 Å². The zero-order valence-corrected chi connectivity index (χ0v) is 17.7. The van der Waals surface area contributed by atoms with Crippen molar-refractivity contribution in [1.82, 2.24) is 9.97 Å². The van der Waals surface area contributed by atoms with Crippen molar-refractivity contribution in [3.63, 3.8) is 0 Å². The average Bonchev–Trinajstić information content (AvgIpc) is 3.52. The van der Waals surface area contributed by atoms with Crippen molar-refractivity contribution in [2.24, 2.45) is 0 Å². The summed E-state index contributed by atoms with van der Waals surface area (Å²) in [5.41, 5.74) is 0.427. The quantitative estimate of drug-likeness (QED) is 0.252. The van der Waals surface area contributed by atoms with Crippen LogP contribution >= 0.6 is 0 Å². The summed E-state index contributed by atoms with van der Waals surface area (Å²) in [5.74, 6) is -1.10. The van der Waals surface area contributed by atoms with Crippen LogP contribution in [0.1, 0.15) is 16.7 Å². The molecule has 0 atom stereocenters. The summed E-state index contributed by atoms with van der Waals surface area (Å²) in [4.78, 5) is 41.8. The Balaban J connectivity index is 1.77. The van der Waals surface area contributed by atoms with Crippen LogP contribution in [0.5, 0.6) is 0 Å². The van der Waals surface area contributed by atoms with Gasteiger partial charge in [-0.25, -0.2) is 4.39 Å². The lowest BCUT2D eigenvalue weighted by Crippen LogP contribution is -2.36. The fourth-order valence-corrected chi connectivity index (χ4v) is 5.02. The van der Waals surface area contributed by atoms with E-state index in [2.05, 4.69) is 15.3 Å². The summed E-state index contributed by atoms with van der Waals surface area (Å²) in [6.45, 7) is 0. The molecule has 1 aliphatic rings. The van der Waals surface area contributed by atoms with E-state index in [1.807, 2.05) is 0 Å². The third kappa shape index (κ3) is 2.72. The number of non-ortho nitro benzene ring substituents is 2. The molecule has 0 fully saturated rings. The Hall–Kier alpha value is -5.06. The van der Waals surface area contributed by atoms with Crippen LogP contribution in [-0.4, -0.2) is 25.7 Å². The molecule has 1 amide bonds. The van der Waals surface area contributed by atoms with Gasteiger partial charge in [0.2, 0.25) is 5.91 Å². The first-order chi connectivity index (χ1) is 16.8. The number of anilines is 1. The summed E-state index contributed by atoms with van der Waals surface area (Å²) in [6.07, 6.45) is 3.12. The minimum Gasteiger partial charge on any atom is -0.361 e. The highest BCUT2D eigenvalue weighted by molar-refractivity contribution is 6.15. The first kappa shape index (κ1) is 20.5. The molecule has 5 aromatic rings. The second-order valence-corrected chi connectivity index (χ2v) is 8.27. The van der Waals surface area contributed by atoms with Gasteiger partial charge in [-0.2, -0.15) is 0 Å². The Bertz CT molecular complexity index is 1650. The molecule has 3 aromatic carbocycles. The van der Waals surface area contributed by atoms with E-state index in [0.717, 1.165) is 0 Å². The van der Waals surface area contributed by atoms with Gasteiger partial charge in [0.15, 0.2) is 0 Å². The number of rotatable bonds is 4. The van der Waals surface area contributed by atoms with E-state index in [-0.39, 0.29) is 11.4 Å². The SMILES string of the molecule is O=C1Nc2ccc(F)cc2C1(c1c[nH]c2ccc([N+](=O)[O-])cc12)c1c[nH]c2ccc([N+](=O)[O-])cc12. The topological polar surface area (TPSA) is 147 Å². The van der Waals surface area contributed by atoms with Crippen molar-refractivity contribution in [1.29, 1.82) is 0 Å². The van der Waals surface area contributed by atoms with Crippen molar-refractivity contribution in [2.75, 3.05) is 5.32 Å². The fourth-order valence-electron chi connectivity index (χ4n) is 5.02. The Morgan fingerprint density at radius 3 is 1.80 bits per heavy atom. The molecule has 0 unspecified atom stereocenters. The van der Waals surface area contributed by atoms with Gasteiger partial charge in [-0.3, -0.25) is 25.0 Å². The van der Waals surface area contributed by atoms with Crippen LogP contribution < -0.4 is 5.32 Å². The van der Waals surface area contributed by atoms with Gasteiger partial charge in [-0.15, -0.1) is 0 Å². The fraction of sp³-hybridized carbons (Fsp3) is 0.0417. The minimum absolute atomic E-state index is 0.180. The molecule has 172 valence electrons. The Kier molecular flexibility index (Phi) is 4.09. The second kappa shape index (κ2) is 6.97. The molecule has 35 heavy (non-hydrogen) atoms. The summed E-state index contributed by atoms with van der Waals surface area (Å²) >= 11 is 0. The summed E-state index contributed by atoms with van der Waals surface area (Å²) in [5, 5.41) is 26.6. The second-order valence-electron chi connectivity index (χ2n) is 8.27. The van der Waals surface area contributed by atoms with Gasteiger partial charge in [-0.05, 0) is 30.3 Å². The first-order valence-electron chi connectivity index (χ1n) is 10.4. The van der Waals surface area contributed by atoms with Gasteiger partial charge in [0, 0.05) is 80.8 Å². The number of amides is 1. The molecule has 3 heterocycles. The Morgan fingerprint density at radius 1 is 0.743 bits per heavy atom. The number of nitrogens with zero attached hydrogens (tertiary/aromatic N) is 2. The maximum absolute atomic E-state index is 14.6. The van der Waals surface area contributed by atoms with Crippen molar-refractivity contribution >= 4 is 44.8 Å². The number of halogens is 1. The Labute approximate surface area is 194 Å². The number of hydrogen-bond donors (Lipinski definition) is 3. The monoisotopic (exact) mass is 471 g/mol. The lowest BCUT2D eigenvalue weighted by Gasteiger charge is -2.27. The van der Waals surface area contributed by atoms with Crippen LogP contribution in [-0.2, 0) is 10.2 Å². The molecule has 0 radical (unpaired) electrons. The van der Waals surface area contributed by atoms with E-state index in [1.54, 1.807) is 12.4 Å². The first-order valence-corrected chi connectivity index (χ1v) is 10.4. The van der Waals surface area contributed by atoms with Gasteiger partial charge in [0.1, 0.15) is 11.2 Å². The van der Waals surface area contributed by atoms with Crippen LogP contribution in [0, 0.1) is 26.0 Å². The van der Waals surface area contributed by atoms with Crippen molar-refractivity contribution < 1.29 is 19.0 Å². The molecule has 1 aliphatic heterocycles.